The molecule has 4 rings (SSSR count). The van der Waals surface area contributed by atoms with Crippen LogP contribution in [0.5, 0.6) is 5.75 Å². The summed E-state index contributed by atoms with van der Waals surface area (Å²) in [5.74, 6) is 0.0157. The number of hydrogen-bond acceptors (Lipinski definition) is 4. The molecular formula is C23H27N3O3. The first-order valence-electron chi connectivity index (χ1n) is 9.87. The average molecular weight is 393 g/mol. The first-order valence-corrected chi connectivity index (χ1v) is 9.87. The number of fused-ring (bicyclic) bond motifs is 1. The fraction of sp³-hybridized carbons (Fsp3) is 0.348. The van der Waals surface area contributed by atoms with Crippen molar-refractivity contribution in [2.24, 2.45) is 0 Å². The number of H-pyrrole nitrogens is 1. The van der Waals surface area contributed by atoms with E-state index in [1.165, 1.54) is 16.5 Å². The molecule has 2 N–H and O–H groups in total. The summed E-state index contributed by atoms with van der Waals surface area (Å²) < 4.78 is 5.73. The number of ether oxygens (including phenoxy) is 1. The molecule has 0 saturated carbocycles. The lowest BCUT2D eigenvalue weighted by Gasteiger charge is -2.40. The summed E-state index contributed by atoms with van der Waals surface area (Å²) in [6, 6.07) is 11.7. The first-order chi connectivity index (χ1) is 14.0. The molecule has 1 saturated heterocycles. The molecule has 1 atom stereocenters. The minimum atomic E-state index is -0.895. The van der Waals surface area contributed by atoms with Crippen molar-refractivity contribution in [3.63, 3.8) is 0 Å². The highest BCUT2D eigenvalue weighted by Crippen LogP contribution is 2.34. The Kier molecular flexibility index (Phi) is 5.30. The largest absolute Gasteiger partial charge is 0.496 e. The van der Waals surface area contributed by atoms with Crippen molar-refractivity contribution in [3.05, 3.63) is 64.8 Å². The Balaban J connectivity index is 1.69. The molecule has 152 valence electrons. The van der Waals surface area contributed by atoms with Gasteiger partial charge in [0.25, 0.3) is 0 Å². The number of aromatic carboxylic acids is 1. The Bertz CT molecular complexity index is 1030. The molecule has 6 heteroatoms. The molecule has 1 fully saturated rings. The van der Waals surface area contributed by atoms with E-state index in [9.17, 15) is 9.90 Å². The highest BCUT2D eigenvalue weighted by molar-refractivity contribution is 5.88. The van der Waals surface area contributed by atoms with E-state index >= 15 is 0 Å². The molecule has 0 radical (unpaired) electrons. The van der Waals surface area contributed by atoms with Crippen LogP contribution in [0, 0.1) is 6.92 Å². The molecule has 0 bridgehead atoms. The number of likely N-dealkylation sites (N-methyl/N-ethyl adjacent to an activating group) is 1. The number of aryl methyl sites for hydroxylation is 1. The molecule has 3 aromatic rings. The SMILES string of the molecule is COc1cc(C)c2[nH]ccc2c1CN1CCN(C)C[C@@H]1c1ccc(C(=O)O)cc1. The van der Waals surface area contributed by atoms with Crippen LogP contribution in [0.2, 0.25) is 0 Å². The number of carbonyl (C=O) groups is 1. The van der Waals surface area contributed by atoms with Crippen LogP contribution in [0.1, 0.15) is 33.1 Å². The summed E-state index contributed by atoms with van der Waals surface area (Å²) in [6.07, 6.45) is 1.98. The molecule has 6 nitrogen and oxygen atoms in total. The maximum Gasteiger partial charge on any atom is 0.335 e. The van der Waals surface area contributed by atoms with Crippen LogP contribution in [-0.2, 0) is 6.54 Å². The maximum absolute atomic E-state index is 11.2. The number of rotatable bonds is 5. The molecule has 1 aliphatic rings. The van der Waals surface area contributed by atoms with Crippen LogP contribution < -0.4 is 4.74 Å². The third kappa shape index (κ3) is 3.73. The van der Waals surface area contributed by atoms with Crippen molar-refractivity contribution in [2.45, 2.75) is 19.5 Å². The average Bonchev–Trinajstić information content (AvgIpc) is 3.21. The second kappa shape index (κ2) is 7.89. The van der Waals surface area contributed by atoms with Gasteiger partial charge >= 0.3 is 5.97 Å². The molecule has 2 aromatic carbocycles. The monoisotopic (exact) mass is 393 g/mol. The van der Waals surface area contributed by atoms with Crippen molar-refractivity contribution in [3.8, 4) is 5.75 Å². The lowest BCUT2D eigenvalue weighted by molar-refractivity contribution is 0.0696. The van der Waals surface area contributed by atoms with E-state index < -0.39 is 5.97 Å². The van der Waals surface area contributed by atoms with E-state index in [-0.39, 0.29) is 6.04 Å². The molecule has 0 amide bonds. The van der Waals surface area contributed by atoms with Gasteiger partial charge in [-0.25, -0.2) is 4.79 Å². The summed E-state index contributed by atoms with van der Waals surface area (Å²) in [5.41, 5.74) is 4.96. The summed E-state index contributed by atoms with van der Waals surface area (Å²) >= 11 is 0. The Morgan fingerprint density at radius 2 is 2.00 bits per heavy atom. The zero-order valence-corrected chi connectivity index (χ0v) is 17.1. The Morgan fingerprint density at radius 3 is 2.69 bits per heavy atom. The standard InChI is InChI=1S/C23H27N3O3/c1-15-12-21(29-3)19(18-8-9-24-22(15)18)13-26-11-10-25(2)14-20(26)16-4-6-17(7-5-16)23(27)28/h4-9,12,20,24H,10-11,13-14H2,1-3H3,(H,27,28)/t20-/m1/s1. The molecular weight excluding hydrogens is 366 g/mol. The second-order valence-electron chi connectivity index (χ2n) is 7.82. The first kappa shape index (κ1) is 19.5. The van der Waals surface area contributed by atoms with Crippen molar-refractivity contribution in [1.29, 1.82) is 0 Å². The van der Waals surface area contributed by atoms with E-state index in [1.807, 2.05) is 18.3 Å². The van der Waals surface area contributed by atoms with Gasteiger partial charge in [-0.05, 0) is 49.4 Å². The number of aromatic amines is 1. The van der Waals surface area contributed by atoms with Gasteiger partial charge in [-0.3, -0.25) is 4.90 Å². The van der Waals surface area contributed by atoms with Gasteiger partial charge in [0.2, 0.25) is 0 Å². The summed E-state index contributed by atoms with van der Waals surface area (Å²) in [4.78, 5) is 19.3. The van der Waals surface area contributed by atoms with Crippen LogP contribution in [0.4, 0.5) is 0 Å². The topological polar surface area (TPSA) is 68.8 Å². The van der Waals surface area contributed by atoms with Crippen molar-refractivity contribution >= 4 is 16.9 Å². The molecule has 0 spiro atoms. The van der Waals surface area contributed by atoms with E-state index in [1.54, 1.807) is 19.2 Å². The fourth-order valence-corrected chi connectivity index (χ4v) is 4.29. The van der Waals surface area contributed by atoms with E-state index in [0.29, 0.717) is 5.56 Å². The van der Waals surface area contributed by atoms with Gasteiger partial charge in [-0.1, -0.05) is 12.1 Å². The fourth-order valence-electron chi connectivity index (χ4n) is 4.29. The quantitative estimate of drug-likeness (QED) is 0.692. The van der Waals surface area contributed by atoms with E-state index in [2.05, 4.69) is 40.9 Å². The number of nitrogens with one attached hydrogen (secondary N) is 1. The van der Waals surface area contributed by atoms with Crippen LogP contribution >= 0.6 is 0 Å². The van der Waals surface area contributed by atoms with E-state index in [4.69, 9.17) is 4.74 Å². The van der Waals surface area contributed by atoms with Crippen LogP contribution in [0.25, 0.3) is 10.9 Å². The Hall–Kier alpha value is -2.83. The van der Waals surface area contributed by atoms with Gasteiger partial charge in [0.05, 0.1) is 12.7 Å². The van der Waals surface area contributed by atoms with E-state index in [0.717, 1.165) is 43.0 Å². The van der Waals surface area contributed by atoms with Crippen LogP contribution in [0.15, 0.2) is 42.6 Å². The third-order valence-electron chi connectivity index (χ3n) is 5.93. The van der Waals surface area contributed by atoms with Gasteiger partial charge in [0.15, 0.2) is 0 Å². The van der Waals surface area contributed by atoms with Crippen molar-refractivity contribution in [2.75, 3.05) is 33.8 Å². The molecule has 1 aliphatic heterocycles. The number of carboxylic acids is 1. The summed E-state index contributed by atoms with van der Waals surface area (Å²) in [7, 11) is 3.86. The smallest absolute Gasteiger partial charge is 0.335 e. The lowest BCUT2D eigenvalue weighted by atomic mass is 9.98. The zero-order chi connectivity index (χ0) is 20.5. The Labute approximate surface area is 170 Å². The Morgan fingerprint density at radius 1 is 1.24 bits per heavy atom. The minimum Gasteiger partial charge on any atom is -0.496 e. The molecule has 29 heavy (non-hydrogen) atoms. The predicted octanol–water partition coefficient (Wildman–Crippen LogP) is 3.67. The van der Waals surface area contributed by atoms with Gasteiger partial charge in [0, 0.05) is 54.9 Å². The molecule has 0 unspecified atom stereocenters. The number of hydrogen-bond donors (Lipinski definition) is 2. The molecule has 1 aromatic heterocycles. The number of carboxylic acid groups (broad SMARTS) is 1. The number of benzene rings is 2. The third-order valence-corrected chi connectivity index (χ3v) is 5.93. The number of nitrogens with zero attached hydrogens (tertiary/aromatic N) is 2. The highest BCUT2D eigenvalue weighted by atomic mass is 16.5. The highest BCUT2D eigenvalue weighted by Gasteiger charge is 2.28. The summed E-state index contributed by atoms with van der Waals surface area (Å²) in [5, 5.41) is 10.4. The van der Waals surface area contributed by atoms with Gasteiger partial charge < -0.3 is 19.7 Å². The second-order valence-corrected chi connectivity index (χ2v) is 7.82. The predicted molar refractivity (Wildman–Crippen MR) is 114 cm³/mol. The van der Waals surface area contributed by atoms with Crippen LogP contribution in [-0.4, -0.2) is 59.7 Å². The number of piperazine rings is 1. The van der Waals surface area contributed by atoms with Gasteiger partial charge in [0.1, 0.15) is 5.75 Å². The molecule has 2 heterocycles. The molecule has 0 aliphatic carbocycles. The van der Waals surface area contributed by atoms with Crippen molar-refractivity contribution in [1.82, 2.24) is 14.8 Å². The zero-order valence-electron chi connectivity index (χ0n) is 17.1. The minimum absolute atomic E-state index is 0.191. The van der Waals surface area contributed by atoms with Gasteiger partial charge in [-0.2, -0.15) is 0 Å². The van der Waals surface area contributed by atoms with Crippen LogP contribution in [0.3, 0.4) is 0 Å². The number of methoxy groups -OCH3 is 1. The lowest BCUT2D eigenvalue weighted by Crippen LogP contribution is -2.46. The summed E-state index contributed by atoms with van der Waals surface area (Å²) in [6.45, 7) is 5.70. The number of aromatic nitrogens is 1. The van der Waals surface area contributed by atoms with Crippen molar-refractivity contribution < 1.29 is 14.6 Å². The normalized spacial score (nSPS) is 18.2. The van der Waals surface area contributed by atoms with Gasteiger partial charge in [-0.15, -0.1) is 0 Å². The maximum atomic E-state index is 11.2.